The van der Waals surface area contributed by atoms with Crippen LogP contribution in [0.4, 0.5) is 0 Å². The van der Waals surface area contributed by atoms with Gasteiger partial charge in [-0.3, -0.25) is 0 Å². The minimum absolute atomic E-state index is 0.630. The fraction of sp³-hybridized carbons (Fsp3) is 0.625. The standard InChI is InChI=1S/C8H14N2O/c1-6(2)4-7-9-5-8(10-7)11-3/h5-6H,4H2,1-3H3,(H,9,10). The molecule has 0 unspecified atom stereocenters. The van der Waals surface area contributed by atoms with E-state index in [1.54, 1.807) is 13.3 Å². The molecule has 0 aliphatic rings. The minimum atomic E-state index is 0.630. The van der Waals surface area contributed by atoms with Crippen LogP contribution in [0.25, 0.3) is 0 Å². The second-order valence-corrected chi connectivity index (χ2v) is 3.00. The van der Waals surface area contributed by atoms with Crippen molar-refractivity contribution in [3.05, 3.63) is 12.0 Å². The van der Waals surface area contributed by atoms with Gasteiger partial charge in [0.2, 0.25) is 5.88 Å². The van der Waals surface area contributed by atoms with E-state index in [1.165, 1.54) is 0 Å². The monoisotopic (exact) mass is 154 g/mol. The van der Waals surface area contributed by atoms with Crippen molar-refractivity contribution < 1.29 is 4.74 Å². The Morgan fingerprint density at radius 2 is 2.36 bits per heavy atom. The van der Waals surface area contributed by atoms with E-state index >= 15 is 0 Å². The van der Waals surface area contributed by atoms with E-state index in [-0.39, 0.29) is 0 Å². The lowest BCUT2D eigenvalue weighted by atomic mass is 10.1. The van der Waals surface area contributed by atoms with Crippen molar-refractivity contribution in [1.82, 2.24) is 9.97 Å². The fourth-order valence-corrected chi connectivity index (χ4v) is 0.937. The summed E-state index contributed by atoms with van der Waals surface area (Å²) in [4.78, 5) is 7.21. The second kappa shape index (κ2) is 3.42. The van der Waals surface area contributed by atoms with Gasteiger partial charge in [-0.15, -0.1) is 0 Å². The molecule has 0 aliphatic carbocycles. The van der Waals surface area contributed by atoms with E-state index in [2.05, 4.69) is 23.8 Å². The summed E-state index contributed by atoms with van der Waals surface area (Å²) >= 11 is 0. The zero-order valence-corrected chi connectivity index (χ0v) is 7.22. The molecule has 1 N–H and O–H groups in total. The number of hydrogen-bond donors (Lipinski definition) is 1. The molecular formula is C8H14N2O. The summed E-state index contributed by atoms with van der Waals surface area (Å²) < 4.78 is 4.96. The molecule has 0 bridgehead atoms. The fourth-order valence-electron chi connectivity index (χ4n) is 0.937. The van der Waals surface area contributed by atoms with Gasteiger partial charge in [-0.2, -0.15) is 0 Å². The van der Waals surface area contributed by atoms with Crippen LogP contribution < -0.4 is 4.74 Å². The van der Waals surface area contributed by atoms with Crippen molar-refractivity contribution in [2.45, 2.75) is 20.3 Å². The molecule has 0 atom stereocenters. The largest absolute Gasteiger partial charge is 0.481 e. The highest BCUT2D eigenvalue weighted by Crippen LogP contribution is 2.08. The van der Waals surface area contributed by atoms with E-state index in [0.717, 1.165) is 18.1 Å². The molecule has 0 saturated carbocycles. The Morgan fingerprint density at radius 3 is 2.82 bits per heavy atom. The highest BCUT2D eigenvalue weighted by molar-refractivity contribution is 5.07. The Balaban J connectivity index is 2.58. The molecule has 1 aromatic rings. The number of nitrogens with zero attached hydrogens (tertiary/aromatic N) is 1. The van der Waals surface area contributed by atoms with Crippen molar-refractivity contribution >= 4 is 0 Å². The molecule has 3 nitrogen and oxygen atoms in total. The molecule has 0 radical (unpaired) electrons. The predicted octanol–water partition coefficient (Wildman–Crippen LogP) is 1.62. The van der Waals surface area contributed by atoms with Crippen LogP contribution in [0.5, 0.6) is 5.88 Å². The van der Waals surface area contributed by atoms with Gasteiger partial charge >= 0.3 is 0 Å². The lowest BCUT2D eigenvalue weighted by Crippen LogP contribution is -1.95. The number of nitrogens with one attached hydrogen (secondary N) is 1. The van der Waals surface area contributed by atoms with E-state index in [4.69, 9.17) is 4.74 Å². The van der Waals surface area contributed by atoms with Crippen molar-refractivity contribution in [2.75, 3.05) is 7.11 Å². The molecule has 0 fully saturated rings. The van der Waals surface area contributed by atoms with Gasteiger partial charge < -0.3 is 9.72 Å². The lowest BCUT2D eigenvalue weighted by molar-refractivity contribution is 0.399. The van der Waals surface area contributed by atoms with Crippen LogP contribution in [-0.2, 0) is 6.42 Å². The molecular weight excluding hydrogens is 140 g/mol. The summed E-state index contributed by atoms with van der Waals surface area (Å²) in [5.74, 6) is 2.36. The van der Waals surface area contributed by atoms with Crippen LogP contribution in [0.2, 0.25) is 0 Å². The summed E-state index contributed by atoms with van der Waals surface area (Å²) in [5.41, 5.74) is 0. The molecule has 1 heterocycles. The first-order valence-electron chi connectivity index (χ1n) is 3.80. The Kier molecular flexibility index (Phi) is 2.52. The first-order valence-corrected chi connectivity index (χ1v) is 3.80. The minimum Gasteiger partial charge on any atom is -0.481 e. The lowest BCUT2D eigenvalue weighted by Gasteiger charge is -1.99. The van der Waals surface area contributed by atoms with Gasteiger partial charge in [-0.05, 0) is 5.92 Å². The molecule has 62 valence electrons. The van der Waals surface area contributed by atoms with Gasteiger partial charge in [-0.1, -0.05) is 13.8 Å². The average molecular weight is 154 g/mol. The maximum Gasteiger partial charge on any atom is 0.210 e. The first kappa shape index (κ1) is 8.11. The molecule has 0 spiro atoms. The van der Waals surface area contributed by atoms with Crippen LogP contribution >= 0.6 is 0 Å². The SMILES string of the molecule is COc1cnc(CC(C)C)[nH]1. The zero-order chi connectivity index (χ0) is 8.27. The number of ether oxygens (including phenoxy) is 1. The Morgan fingerprint density at radius 1 is 1.64 bits per heavy atom. The van der Waals surface area contributed by atoms with Crippen molar-refractivity contribution in [2.24, 2.45) is 5.92 Å². The smallest absolute Gasteiger partial charge is 0.210 e. The van der Waals surface area contributed by atoms with Crippen molar-refractivity contribution in [1.29, 1.82) is 0 Å². The van der Waals surface area contributed by atoms with E-state index < -0.39 is 0 Å². The molecule has 0 saturated heterocycles. The van der Waals surface area contributed by atoms with Crippen LogP contribution in [0, 0.1) is 5.92 Å². The summed E-state index contributed by atoms with van der Waals surface area (Å²) in [6.07, 6.45) is 2.68. The molecule has 0 aromatic carbocycles. The number of methoxy groups -OCH3 is 1. The third kappa shape index (κ3) is 2.26. The van der Waals surface area contributed by atoms with Crippen LogP contribution in [0.15, 0.2) is 6.20 Å². The van der Waals surface area contributed by atoms with Gasteiger partial charge in [0.15, 0.2) is 0 Å². The zero-order valence-electron chi connectivity index (χ0n) is 7.22. The van der Waals surface area contributed by atoms with Crippen LogP contribution in [0.3, 0.4) is 0 Å². The first-order chi connectivity index (χ1) is 5.22. The molecule has 11 heavy (non-hydrogen) atoms. The Labute approximate surface area is 66.8 Å². The highest BCUT2D eigenvalue weighted by atomic mass is 16.5. The molecule has 1 aromatic heterocycles. The van der Waals surface area contributed by atoms with Crippen LogP contribution in [-0.4, -0.2) is 17.1 Å². The number of aromatic nitrogens is 2. The van der Waals surface area contributed by atoms with Crippen molar-refractivity contribution in [3.63, 3.8) is 0 Å². The van der Waals surface area contributed by atoms with Crippen molar-refractivity contribution in [3.8, 4) is 5.88 Å². The Bertz CT molecular complexity index is 218. The maximum atomic E-state index is 4.96. The van der Waals surface area contributed by atoms with E-state index in [0.29, 0.717) is 5.92 Å². The predicted molar refractivity (Wildman–Crippen MR) is 43.7 cm³/mol. The summed E-state index contributed by atoms with van der Waals surface area (Å²) in [5, 5.41) is 0. The third-order valence-corrected chi connectivity index (χ3v) is 1.43. The number of imidazole rings is 1. The quantitative estimate of drug-likeness (QED) is 0.718. The topological polar surface area (TPSA) is 37.9 Å². The number of rotatable bonds is 3. The van der Waals surface area contributed by atoms with Crippen LogP contribution in [0.1, 0.15) is 19.7 Å². The molecule has 1 rings (SSSR count). The number of hydrogen-bond acceptors (Lipinski definition) is 2. The molecule has 3 heteroatoms. The summed E-state index contributed by atoms with van der Waals surface area (Å²) in [6.45, 7) is 4.32. The number of H-pyrrole nitrogens is 1. The normalized spacial score (nSPS) is 10.5. The van der Waals surface area contributed by atoms with Gasteiger partial charge in [0.05, 0.1) is 13.3 Å². The van der Waals surface area contributed by atoms with E-state index in [1.807, 2.05) is 0 Å². The van der Waals surface area contributed by atoms with E-state index in [9.17, 15) is 0 Å². The van der Waals surface area contributed by atoms with Gasteiger partial charge in [-0.25, -0.2) is 4.98 Å². The molecule has 0 aliphatic heterocycles. The second-order valence-electron chi connectivity index (χ2n) is 3.00. The Hall–Kier alpha value is -0.990. The highest BCUT2D eigenvalue weighted by Gasteiger charge is 2.01. The number of aromatic amines is 1. The third-order valence-electron chi connectivity index (χ3n) is 1.43. The van der Waals surface area contributed by atoms with Gasteiger partial charge in [0, 0.05) is 6.42 Å². The van der Waals surface area contributed by atoms with Gasteiger partial charge in [0.1, 0.15) is 5.82 Å². The summed E-state index contributed by atoms with van der Waals surface area (Å²) in [6, 6.07) is 0. The average Bonchev–Trinajstić information content (AvgIpc) is 2.34. The molecule has 0 amide bonds. The maximum absolute atomic E-state index is 4.96. The summed E-state index contributed by atoms with van der Waals surface area (Å²) in [7, 11) is 1.63. The van der Waals surface area contributed by atoms with Gasteiger partial charge in [0.25, 0.3) is 0 Å².